The topological polar surface area (TPSA) is 91.6 Å². The average molecular weight is 308 g/mol. The zero-order valence-electron chi connectivity index (χ0n) is 11.5. The number of carboxylic acid groups (broad SMARTS) is 1. The number of hydrogen-bond acceptors (Lipinski definition) is 4. The number of thiophene rings is 1. The fraction of sp³-hybridized carbons (Fsp3) is 0.286. The SMILES string of the molecule is CCC(NC(=O)NCc1ccc(C(=O)O)o1)c1cccs1. The number of hydrogen-bond donors (Lipinski definition) is 3. The largest absolute Gasteiger partial charge is 0.475 e. The van der Waals surface area contributed by atoms with E-state index in [1.165, 1.54) is 12.1 Å². The lowest BCUT2D eigenvalue weighted by atomic mass is 10.2. The van der Waals surface area contributed by atoms with Crippen LogP contribution in [0.1, 0.15) is 40.6 Å². The van der Waals surface area contributed by atoms with Gasteiger partial charge in [0.2, 0.25) is 5.76 Å². The van der Waals surface area contributed by atoms with Crippen LogP contribution in [-0.4, -0.2) is 17.1 Å². The summed E-state index contributed by atoms with van der Waals surface area (Å²) in [6, 6.07) is 6.46. The van der Waals surface area contributed by atoms with E-state index in [0.29, 0.717) is 5.76 Å². The molecule has 2 amide bonds. The number of aromatic carboxylic acids is 1. The predicted octanol–water partition coefficient (Wildman–Crippen LogP) is 2.99. The van der Waals surface area contributed by atoms with E-state index in [-0.39, 0.29) is 24.4 Å². The van der Waals surface area contributed by atoms with Crippen LogP contribution in [0.15, 0.2) is 34.1 Å². The number of rotatable bonds is 6. The summed E-state index contributed by atoms with van der Waals surface area (Å²) in [5.74, 6) is -0.876. The first-order chi connectivity index (χ1) is 10.1. The molecule has 7 heteroatoms. The maximum Gasteiger partial charge on any atom is 0.371 e. The summed E-state index contributed by atoms with van der Waals surface area (Å²) in [7, 11) is 0. The second-order valence-electron chi connectivity index (χ2n) is 4.37. The molecule has 3 N–H and O–H groups in total. The molecular formula is C14H16N2O4S. The molecule has 2 heterocycles. The number of carbonyl (C=O) groups excluding carboxylic acids is 1. The minimum Gasteiger partial charge on any atom is -0.475 e. The van der Waals surface area contributed by atoms with E-state index < -0.39 is 5.97 Å². The van der Waals surface area contributed by atoms with Crippen molar-refractivity contribution < 1.29 is 19.1 Å². The Balaban J connectivity index is 1.85. The third-order valence-corrected chi connectivity index (χ3v) is 3.88. The normalized spacial score (nSPS) is 11.9. The van der Waals surface area contributed by atoms with E-state index in [2.05, 4.69) is 10.6 Å². The van der Waals surface area contributed by atoms with Crippen molar-refractivity contribution in [2.45, 2.75) is 25.9 Å². The Morgan fingerprint density at radius 1 is 1.38 bits per heavy atom. The smallest absolute Gasteiger partial charge is 0.371 e. The highest BCUT2D eigenvalue weighted by Crippen LogP contribution is 2.21. The number of urea groups is 1. The molecule has 0 fully saturated rings. The monoisotopic (exact) mass is 308 g/mol. The van der Waals surface area contributed by atoms with Gasteiger partial charge in [0, 0.05) is 4.88 Å². The predicted molar refractivity (Wildman–Crippen MR) is 78.4 cm³/mol. The molecule has 112 valence electrons. The Kier molecular flexibility index (Phi) is 4.99. The third kappa shape index (κ3) is 4.09. The van der Waals surface area contributed by atoms with Crippen molar-refractivity contribution in [3.8, 4) is 0 Å². The van der Waals surface area contributed by atoms with E-state index in [0.717, 1.165) is 11.3 Å². The first-order valence-electron chi connectivity index (χ1n) is 6.50. The van der Waals surface area contributed by atoms with Crippen molar-refractivity contribution in [3.05, 3.63) is 46.0 Å². The van der Waals surface area contributed by atoms with Crippen molar-refractivity contribution in [1.29, 1.82) is 0 Å². The second-order valence-corrected chi connectivity index (χ2v) is 5.35. The number of amides is 2. The maximum atomic E-state index is 11.8. The first kappa shape index (κ1) is 15.1. The van der Waals surface area contributed by atoms with Crippen molar-refractivity contribution >= 4 is 23.3 Å². The van der Waals surface area contributed by atoms with Gasteiger partial charge in [0.1, 0.15) is 5.76 Å². The lowest BCUT2D eigenvalue weighted by Gasteiger charge is -2.15. The second kappa shape index (κ2) is 6.94. The van der Waals surface area contributed by atoms with Gasteiger partial charge in [-0.3, -0.25) is 0 Å². The Labute approximate surface area is 125 Å². The maximum absolute atomic E-state index is 11.8. The summed E-state index contributed by atoms with van der Waals surface area (Å²) in [6.45, 7) is 2.14. The zero-order valence-corrected chi connectivity index (χ0v) is 12.3. The fourth-order valence-corrected chi connectivity index (χ4v) is 2.69. The highest BCUT2D eigenvalue weighted by Gasteiger charge is 2.14. The van der Waals surface area contributed by atoms with Gasteiger partial charge in [-0.25, -0.2) is 9.59 Å². The lowest BCUT2D eigenvalue weighted by molar-refractivity contribution is 0.0660. The molecule has 0 bridgehead atoms. The zero-order chi connectivity index (χ0) is 15.2. The number of furan rings is 1. The standard InChI is InChI=1S/C14H16N2O4S/c1-2-10(12-4-3-7-21-12)16-14(19)15-8-9-5-6-11(20-9)13(17)18/h3-7,10H,2,8H2,1H3,(H,17,18)(H2,15,16,19). The molecule has 2 rings (SSSR count). The molecule has 0 aromatic carbocycles. The Hall–Kier alpha value is -2.28. The molecule has 2 aromatic heterocycles. The summed E-state index contributed by atoms with van der Waals surface area (Å²) in [5.41, 5.74) is 0. The molecule has 0 spiro atoms. The van der Waals surface area contributed by atoms with Crippen molar-refractivity contribution in [2.75, 3.05) is 0 Å². The van der Waals surface area contributed by atoms with Crippen LogP contribution in [0, 0.1) is 0 Å². The Bertz CT molecular complexity index is 606. The van der Waals surface area contributed by atoms with Crippen LogP contribution in [0.4, 0.5) is 4.79 Å². The van der Waals surface area contributed by atoms with Crippen LogP contribution >= 0.6 is 11.3 Å². The molecular weight excluding hydrogens is 292 g/mol. The average Bonchev–Trinajstić information content (AvgIpc) is 3.13. The molecule has 6 nitrogen and oxygen atoms in total. The van der Waals surface area contributed by atoms with Crippen LogP contribution < -0.4 is 10.6 Å². The summed E-state index contributed by atoms with van der Waals surface area (Å²) in [4.78, 5) is 23.6. The first-order valence-corrected chi connectivity index (χ1v) is 7.38. The fourth-order valence-electron chi connectivity index (χ4n) is 1.83. The van der Waals surface area contributed by atoms with Crippen LogP contribution in [-0.2, 0) is 6.54 Å². The van der Waals surface area contributed by atoms with Crippen LogP contribution in [0.25, 0.3) is 0 Å². The van der Waals surface area contributed by atoms with Crippen molar-refractivity contribution in [2.24, 2.45) is 0 Å². The Morgan fingerprint density at radius 3 is 2.76 bits per heavy atom. The molecule has 0 saturated heterocycles. The summed E-state index contributed by atoms with van der Waals surface area (Å²) in [5, 5.41) is 16.2. The summed E-state index contributed by atoms with van der Waals surface area (Å²) < 4.78 is 5.06. The van der Waals surface area contributed by atoms with Gasteiger partial charge in [0.15, 0.2) is 0 Å². The van der Waals surface area contributed by atoms with Gasteiger partial charge in [-0.2, -0.15) is 0 Å². The molecule has 0 aliphatic carbocycles. The molecule has 0 saturated carbocycles. The number of carboxylic acids is 1. The van der Waals surface area contributed by atoms with Crippen LogP contribution in [0.2, 0.25) is 0 Å². The minimum atomic E-state index is -1.13. The molecule has 0 radical (unpaired) electrons. The molecule has 2 aromatic rings. The molecule has 1 atom stereocenters. The van der Waals surface area contributed by atoms with Crippen LogP contribution in [0.3, 0.4) is 0 Å². The van der Waals surface area contributed by atoms with Crippen molar-refractivity contribution in [3.63, 3.8) is 0 Å². The van der Waals surface area contributed by atoms with E-state index in [1.807, 2.05) is 24.4 Å². The highest BCUT2D eigenvalue weighted by molar-refractivity contribution is 7.10. The minimum absolute atomic E-state index is 0.0313. The Morgan fingerprint density at radius 2 is 2.19 bits per heavy atom. The van der Waals surface area contributed by atoms with Crippen molar-refractivity contribution in [1.82, 2.24) is 10.6 Å². The highest BCUT2D eigenvalue weighted by atomic mass is 32.1. The molecule has 0 aliphatic rings. The molecule has 0 aliphatic heterocycles. The quantitative estimate of drug-likeness (QED) is 0.765. The lowest BCUT2D eigenvalue weighted by Crippen LogP contribution is -2.37. The number of nitrogens with one attached hydrogen (secondary N) is 2. The summed E-state index contributed by atoms with van der Waals surface area (Å²) >= 11 is 1.59. The number of carbonyl (C=O) groups is 2. The van der Waals surface area contributed by atoms with E-state index in [9.17, 15) is 9.59 Å². The van der Waals surface area contributed by atoms with Gasteiger partial charge in [0.25, 0.3) is 0 Å². The summed E-state index contributed by atoms with van der Waals surface area (Å²) in [6.07, 6.45) is 0.790. The molecule has 21 heavy (non-hydrogen) atoms. The van der Waals surface area contributed by atoms with Gasteiger partial charge in [-0.15, -0.1) is 11.3 Å². The van der Waals surface area contributed by atoms with E-state index in [4.69, 9.17) is 9.52 Å². The van der Waals surface area contributed by atoms with Crippen LogP contribution in [0.5, 0.6) is 0 Å². The van der Waals surface area contributed by atoms with E-state index in [1.54, 1.807) is 11.3 Å². The van der Waals surface area contributed by atoms with Gasteiger partial charge < -0.3 is 20.2 Å². The molecule has 1 unspecified atom stereocenters. The van der Waals surface area contributed by atoms with Gasteiger partial charge >= 0.3 is 12.0 Å². The van der Waals surface area contributed by atoms with Gasteiger partial charge in [-0.05, 0) is 30.0 Å². The van der Waals surface area contributed by atoms with E-state index >= 15 is 0 Å². The van der Waals surface area contributed by atoms with Gasteiger partial charge in [0.05, 0.1) is 12.6 Å². The third-order valence-electron chi connectivity index (χ3n) is 2.90. The van der Waals surface area contributed by atoms with Gasteiger partial charge in [-0.1, -0.05) is 13.0 Å².